The fourth-order valence-electron chi connectivity index (χ4n) is 3.60. The Balaban J connectivity index is 1.54. The number of nitrogens with zero attached hydrogens (tertiary/aromatic N) is 1. The van der Waals surface area contributed by atoms with Crippen molar-refractivity contribution in [2.24, 2.45) is 0 Å². The lowest BCUT2D eigenvalue weighted by Gasteiger charge is -2.14. The molecule has 4 rings (SSSR count). The van der Waals surface area contributed by atoms with Gasteiger partial charge < -0.3 is 10.6 Å². The van der Waals surface area contributed by atoms with Gasteiger partial charge in [-0.15, -0.1) is 0 Å². The number of hydrogen-bond donors (Lipinski definition) is 3. The topological polar surface area (TPSA) is 92.2 Å². The Morgan fingerprint density at radius 2 is 1.71 bits per heavy atom. The maximum Gasteiger partial charge on any atom is 0.328 e. The molecule has 4 aromatic rings. The van der Waals surface area contributed by atoms with Gasteiger partial charge in [0.2, 0.25) is 0 Å². The molecule has 0 saturated heterocycles. The van der Waals surface area contributed by atoms with E-state index in [2.05, 4.69) is 32.0 Å². The third-order valence-electron chi connectivity index (χ3n) is 5.47. The van der Waals surface area contributed by atoms with Crippen molar-refractivity contribution < 1.29 is 14.4 Å². The minimum Gasteiger partial charge on any atom is -0.347 e. The molecule has 178 valence electrons. The molecule has 3 amide bonds. The number of rotatable bonds is 6. The number of anilines is 1. The van der Waals surface area contributed by atoms with Crippen molar-refractivity contribution in [3.63, 3.8) is 0 Å². The molecule has 0 bridgehead atoms. The number of aromatic nitrogens is 1. The highest BCUT2D eigenvalue weighted by atomic mass is 79.9. The Labute approximate surface area is 215 Å². The van der Waals surface area contributed by atoms with Crippen molar-refractivity contribution in [3.05, 3.63) is 99.1 Å². The third kappa shape index (κ3) is 5.72. The maximum absolute atomic E-state index is 13.2. The van der Waals surface area contributed by atoms with Gasteiger partial charge in [-0.3, -0.25) is 19.8 Å². The van der Waals surface area contributed by atoms with Crippen LogP contribution >= 0.6 is 27.5 Å². The van der Waals surface area contributed by atoms with Gasteiger partial charge in [0.05, 0.1) is 5.52 Å². The highest BCUT2D eigenvalue weighted by molar-refractivity contribution is 9.10. The van der Waals surface area contributed by atoms with Gasteiger partial charge in [0.15, 0.2) is 0 Å². The lowest BCUT2D eigenvalue weighted by atomic mass is 10.1. The van der Waals surface area contributed by atoms with Gasteiger partial charge in [-0.05, 0) is 60.9 Å². The van der Waals surface area contributed by atoms with E-state index in [1.54, 1.807) is 43.3 Å². The lowest BCUT2D eigenvalue weighted by Crippen LogP contribution is -2.40. The Hall–Kier alpha value is -3.62. The summed E-state index contributed by atoms with van der Waals surface area (Å²) < 4.78 is 2.13. The van der Waals surface area contributed by atoms with Crippen molar-refractivity contribution in [2.45, 2.75) is 13.3 Å². The van der Waals surface area contributed by atoms with E-state index in [1.165, 1.54) is 4.68 Å². The number of hydrogen-bond acceptors (Lipinski definition) is 3. The molecule has 0 unspecified atom stereocenters. The van der Waals surface area contributed by atoms with Crippen LogP contribution in [0.1, 0.15) is 21.6 Å². The van der Waals surface area contributed by atoms with E-state index in [4.69, 9.17) is 11.6 Å². The summed E-state index contributed by atoms with van der Waals surface area (Å²) in [7, 11) is 0. The molecule has 1 heterocycles. The first kappa shape index (κ1) is 24.5. The van der Waals surface area contributed by atoms with Gasteiger partial charge in [-0.25, -0.2) is 4.68 Å². The molecule has 0 fully saturated rings. The molecule has 9 heteroatoms. The van der Waals surface area contributed by atoms with Crippen LogP contribution in [0.5, 0.6) is 0 Å². The summed E-state index contributed by atoms with van der Waals surface area (Å²) in [6.07, 6.45) is 0.590. The number of nitrogens with one attached hydrogen (secondary N) is 3. The molecule has 1 aromatic heterocycles. The standard InChI is InChI=1S/C26H22BrClN4O3/c1-16-20(28)8-5-9-21(16)30-24(33)23-15-18-14-19(27)10-11-22(18)32(23)31-26(35)25(34)29-13-12-17-6-3-2-4-7-17/h2-11,14-15H,12-13H2,1H3,(H,29,34)(H,30,33)(H,31,35). The summed E-state index contributed by atoms with van der Waals surface area (Å²) in [6.45, 7) is 2.10. The van der Waals surface area contributed by atoms with E-state index in [0.717, 1.165) is 15.6 Å². The molecule has 3 N–H and O–H groups in total. The van der Waals surface area contributed by atoms with Crippen LogP contribution in [0, 0.1) is 6.92 Å². The summed E-state index contributed by atoms with van der Waals surface area (Å²) in [5.74, 6) is -2.14. The Morgan fingerprint density at radius 1 is 0.943 bits per heavy atom. The van der Waals surface area contributed by atoms with E-state index >= 15 is 0 Å². The van der Waals surface area contributed by atoms with E-state index in [9.17, 15) is 14.4 Å². The normalized spacial score (nSPS) is 10.7. The number of fused-ring (bicyclic) bond motifs is 1. The molecule has 0 atom stereocenters. The number of halogens is 2. The van der Waals surface area contributed by atoms with Crippen LogP contribution in [0.2, 0.25) is 5.02 Å². The van der Waals surface area contributed by atoms with E-state index in [1.807, 2.05) is 36.4 Å². The summed E-state index contributed by atoms with van der Waals surface area (Å²) in [6, 6.07) is 21.8. The fraction of sp³-hybridized carbons (Fsp3) is 0.115. The second-order valence-corrected chi connectivity index (χ2v) is 9.19. The van der Waals surface area contributed by atoms with Gasteiger partial charge in [0.1, 0.15) is 5.69 Å². The number of benzene rings is 3. The minimum absolute atomic E-state index is 0.155. The monoisotopic (exact) mass is 552 g/mol. The second-order valence-electron chi connectivity index (χ2n) is 7.87. The summed E-state index contributed by atoms with van der Waals surface area (Å²) in [5, 5.41) is 6.67. The minimum atomic E-state index is -0.883. The van der Waals surface area contributed by atoms with Crippen LogP contribution in [0.15, 0.2) is 77.3 Å². The summed E-state index contributed by atoms with van der Waals surface area (Å²) in [4.78, 5) is 38.3. The van der Waals surface area contributed by atoms with Crippen LogP contribution in [-0.4, -0.2) is 28.9 Å². The van der Waals surface area contributed by atoms with E-state index < -0.39 is 17.7 Å². The predicted octanol–water partition coefficient (Wildman–Crippen LogP) is 5.05. The van der Waals surface area contributed by atoms with E-state index in [0.29, 0.717) is 34.6 Å². The second kappa shape index (κ2) is 10.8. The van der Waals surface area contributed by atoms with Crippen LogP contribution in [-0.2, 0) is 16.0 Å². The largest absolute Gasteiger partial charge is 0.347 e. The first-order chi connectivity index (χ1) is 16.8. The molecule has 0 spiro atoms. The molecular formula is C26H22BrClN4O3. The van der Waals surface area contributed by atoms with Gasteiger partial charge in [0.25, 0.3) is 5.91 Å². The Bertz CT molecular complexity index is 1420. The molecule has 3 aromatic carbocycles. The smallest absolute Gasteiger partial charge is 0.328 e. The predicted molar refractivity (Wildman–Crippen MR) is 141 cm³/mol. The van der Waals surface area contributed by atoms with Crippen molar-refractivity contribution in [2.75, 3.05) is 17.3 Å². The van der Waals surface area contributed by atoms with Crippen molar-refractivity contribution in [1.82, 2.24) is 9.99 Å². The first-order valence-corrected chi connectivity index (χ1v) is 12.0. The summed E-state index contributed by atoms with van der Waals surface area (Å²) in [5.41, 5.74) is 5.59. The van der Waals surface area contributed by atoms with Crippen molar-refractivity contribution in [1.29, 1.82) is 0 Å². The van der Waals surface area contributed by atoms with Crippen molar-refractivity contribution >= 4 is 61.8 Å². The molecular weight excluding hydrogens is 532 g/mol. The fourth-order valence-corrected chi connectivity index (χ4v) is 4.15. The zero-order valence-corrected chi connectivity index (χ0v) is 21.1. The van der Waals surface area contributed by atoms with Crippen LogP contribution < -0.4 is 16.1 Å². The van der Waals surface area contributed by atoms with Crippen LogP contribution in [0.4, 0.5) is 5.69 Å². The quantitative estimate of drug-likeness (QED) is 0.292. The number of amides is 3. The number of carbonyl (C=O) groups excluding carboxylic acids is 3. The molecule has 0 aliphatic heterocycles. The third-order valence-corrected chi connectivity index (χ3v) is 6.38. The van der Waals surface area contributed by atoms with Gasteiger partial charge >= 0.3 is 11.8 Å². The van der Waals surface area contributed by atoms with Crippen molar-refractivity contribution in [3.8, 4) is 0 Å². The Kier molecular flexibility index (Phi) is 7.53. The van der Waals surface area contributed by atoms with Gasteiger partial charge in [-0.2, -0.15) is 0 Å². The number of carbonyl (C=O) groups is 3. The van der Waals surface area contributed by atoms with Crippen LogP contribution in [0.25, 0.3) is 10.9 Å². The van der Waals surface area contributed by atoms with E-state index in [-0.39, 0.29) is 5.69 Å². The highest BCUT2D eigenvalue weighted by Gasteiger charge is 2.21. The molecule has 7 nitrogen and oxygen atoms in total. The molecule has 0 saturated carbocycles. The average molecular weight is 554 g/mol. The lowest BCUT2D eigenvalue weighted by molar-refractivity contribution is -0.136. The molecule has 0 radical (unpaired) electrons. The van der Waals surface area contributed by atoms with Gasteiger partial charge in [-0.1, -0.05) is 63.9 Å². The zero-order valence-electron chi connectivity index (χ0n) is 18.8. The highest BCUT2D eigenvalue weighted by Crippen LogP contribution is 2.26. The summed E-state index contributed by atoms with van der Waals surface area (Å²) >= 11 is 9.60. The van der Waals surface area contributed by atoms with Crippen LogP contribution in [0.3, 0.4) is 0 Å². The molecule has 0 aliphatic carbocycles. The molecule has 35 heavy (non-hydrogen) atoms. The molecule has 0 aliphatic rings. The maximum atomic E-state index is 13.2. The zero-order chi connectivity index (χ0) is 24.9. The Morgan fingerprint density at radius 3 is 2.49 bits per heavy atom. The first-order valence-electron chi connectivity index (χ1n) is 10.8. The average Bonchev–Trinajstić information content (AvgIpc) is 3.19. The van der Waals surface area contributed by atoms with Gasteiger partial charge in [0, 0.05) is 27.1 Å². The SMILES string of the molecule is Cc1c(Cl)cccc1NC(=O)c1cc2cc(Br)ccc2n1NC(=O)C(=O)NCCc1ccccc1.